The lowest BCUT2D eigenvalue weighted by atomic mass is 10.3. The van der Waals surface area contributed by atoms with Crippen molar-refractivity contribution in [3.8, 4) is 0 Å². The third kappa shape index (κ3) is 1.79. The van der Waals surface area contributed by atoms with E-state index in [4.69, 9.17) is 5.73 Å². The third-order valence-electron chi connectivity index (χ3n) is 1.39. The Kier molecular flexibility index (Phi) is 2.75. The van der Waals surface area contributed by atoms with E-state index >= 15 is 0 Å². The van der Waals surface area contributed by atoms with Crippen molar-refractivity contribution in [2.75, 3.05) is 11.1 Å². The summed E-state index contributed by atoms with van der Waals surface area (Å²) in [5.74, 6) is 0.270. The van der Waals surface area contributed by atoms with E-state index in [-0.39, 0.29) is 11.1 Å². The quantitative estimate of drug-likeness (QED) is 0.606. The Morgan fingerprint density at radius 2 is 2.42 bits per heavy atom. The number of ketones is 1. The summed E-state index contributed by atoms with van der Waals surface area (Å²) in [7, 11) is 0. The minimum atomic E-state index is -0.0920. The number of anilines is 1. The van der Waals surface area contributed by atoms with E-state index in [0.29, 0.717) is 17.2 Å². The van der Waals surface area contributed by atoms with Gasteiger partial charge in [-0.05, 0) is 6.92 Å². The van der Waals surface area contributed by atoms with Gasteiger partial charge in [0.15, 0.2) is 5.78 Å². The first-order valence-electron chi connectivity index (χ1n) is 3.33. The van der Waals surface area contributed by atoms with Crippen LogP contribution in [0.2, 0.25) is 0 Å². The zero-order valence-electron chi connectivity index (χ0n) is 6.54. The smallest absolute Gasteiger partial charge is 0.193 e. The van der Waals surface area contributed by atoms with Crippen molar-refractivity contribution >= 4 is 27.5 Å². The van der Waals surface area contributed by atoms with Gasteiger partial charge in [-0.2, -0.15) is 0 Å². The number of alkyl halides is 1. The number of hydrogen-bond donors (Lipinski definition) is 1. The highest BCUT2D eigenvalue weighted by Crippen LogP contribution is 2.05. The van der Waals surface area contributed by atoms with Gasteiger partial charge in [0.1, 0.15) is 11.5 Å². The molecule has 0 bridgehead atoms. The molecule has 0 amide bonds. The van der Waals surface area contributed by atoms with Crippen LogP contribution in [-0.2, 0) is 0 Å². The first-order chi connectivity index (χ1) is 5.65. The number of halogens is 1. The molecule has 1 heterocycles. The molecule has 0 spiro atoms. The molecule has 1 aromatic rings. The zero-order valence-corrected chi connectivity index (χ0v) is 8.13. The largest absolute Gasteiger partial charge is 0.382 e. The van der Waals surface area contributed by atoms with E-state index in [1.54, 1.807) is 6.92 Å². The summed E-state index contributed by atoms with van der Waals surface area (Å²) in [5, 5.41) is 0.255. The Morgan fingerprint density at radius 3 is 2.92 bits per heavy atom. The number of nitrogen functional groups attached to an aromatic ring is 1. The molecule has 0 atom stereocenters. The summed E-state index contributed by atoms with van der Waals surface area (Å²) in [5.41, 5.74) is 6.36. The van der Waals surface area contributed by atoms with E-state index in [1.807, 2.05) is 0 Å². The van der Waals surface area contributed by atoms with E-state index in [1.165, 1.54) is 6.20 Å². The maximum atomic E-state index is 11.1. The first-order valence-corrected chi connectivity index (χ1v) is 4.45. The molecule has 0 saturated heterocycles. The molecule has 2 N–H and O–H groups in total. The summed E-state index contributed by atoms with van der Waals surface area (Å²) in [4.78, 5) is 18.9. The summed E-state index contributed by atoms with van der Waals surface area (Å²) >= 11 is 3.05. The van der Waals surface area contributed by atoms with Crippen LogP contribution in [0.5, 0.6) is 0 Å². The normalized spacial score (nSPS) is 9.83. The monoisotopic (exact) mass is 229 g/mol. The Bertz CT molecular complexity index is 314. The molecule has 0 fully saturated rings. The lowest BCUT2D eigenvalue weighted by Crippen LogP contribution is -2.07. The van der Waals surface area contributed by atoms with Gasteiger partial charge < -0.3 is 5.73 Å². The van der Waals surface area contributed by atoms with Crippen molar-refractivity contribution in [3.63, 3.8) is 0 Å². The lowest BCUT2D eigenvalue weighted by molar-refractivity contribution is 0.101. The molecule has 1 aromatic heterocycles. The molecule has 0 aliphatic rings. The second-order valence-electron chi connectivity index (χ2n) is 2.28. The Hall–Kier alpha value is -0.970. The summed E-state index contributed by atoms with van der Waals surface area (Å²) in [6, 6.07) is 0. The Morgan fingerprint density at radius 1 is 1.75 bits per heavy atom. The molecule has 0 saturated carbocycles. The minimum absolute atomic E-state index is 0.0920. The van der Waals surface area contributed by atoms with Crippen LogP contribution in [0, 0.1) is 6.92 Å². The van der Waals surface area contributed by atoms with Gasteiger partial charge in [0.25, 0.3) is 0 Å². The number of Topliss-reactive ketones (excluding diaryl/α,β-unsaturated/α-hetero) is 1. The average Bonchev–Trinajstić information content (AvgIpc) is 2.08. The minimum Gasteiger partial charge on any atom is -0.382 e. The van der Waals surface area contributed by atoms with Crippen molar-refractivity contribution in [1.29, 1.82) is 0 Å². The van der Waals surface area contributed by atoms with Crippen LogP contribution in [0.25, 0.3) is 0 Å². The van der Waals surface area contributed by atoms with Gasteiger partial charge in [0, 0.05) is 0 Å². The molecule has 0 aliphatic heterocycles. The zero-order chi connectivity index (χ0) is 9.14. The van der Waals surface area contributed by atoms with Crippen molar-refractivity contribution in [3.05, 3.63) is 17.6 Å². The Labute approximate surface area is 78.3 Å². The molecule has 0 aliphatic carbocycles. The van der Waals surface area contributed by atoms with Gasteiger partial charge in [-0.15, -0.1) is 0 Å². The summed E-state index contributed by atoms with van der Waals surface area (Å²) in [6.45, 7) is 1.72. The van der Waals surface area contributed by atoms with Crippen molar-refractivity contribution in [2.45, 2.75) is 6.92 Å². The van der Waals surface area contributed by atoms with Crippen molar-refractivity contribution in [2.24, 2.45) is 0 Å². The van der Waals surface area contributed by atoms with Gasteiger partial charge in [-0.3, -0.25) is 4.79 Å². The topological polar surface area (TPSA) is 68.9 Å². The summed E-state index contributed by atoms with van der Waals surface area (Å²) in [6.07, 6.45) is 1.38. The predicted octanol–water partition coefficient (Wildman–Crippen LogP) is 0.945. The highest BCUT2D eigenvalue weighted by atomic mass is 79.9. The van der Waals surface area contributed by atoms with Gasteiger partial charge in [-0.25, -0.2) is 9.97 Å². The van der Waals surface area contributed by atoms with E-state index < -0.39 is 0 Å². The molecular formula is C7H8BrN3O. The SMILES string of the molecule is Cc1nc(C(=O)CBr)cnc1N. The van der Waals surface area contributed by atoms with Gasteiger partial charge in [0.05, 0.1) is 17.2 Å². The van der Waals surface area contributed by atoms with Crippen LogP contribution in [0.15, 0.2) is 6.20 Å². The number of nitrogens with two attached hydrogens (primary N) is 1. The third-order valence-corrected chi connectivity index (χ3v) is 1.90. The average molecular weight is 230 g/mol. The fourth-order valence-electron chi connectivity index (χ4n) is 0.694. The number of carbonyl (C=O) groups excluding carboxylic acids is 1. The first kappa shape index (κ1) is 9.12. The van der Waals surface area contributed by atoms with Gasteiger partial charge >= 0.3 is 0 Å². The van der Waals surface area contributed by atoms with Gasteiger partial charge in [0.2, 0.25) is 0 Å². The number of nitrogens with zero attached hydrogens (tertiary/aromatic N) is 2. The van der Waals surface area contributed by atoms with Crippen molar-refractivity contribution in [1.82, 2.24) is 9.97 Å². The molecule has 1 rings (SSSR count). The fourth-order valence-corrected chi connectivity index (χ4v) is 0.981. The molecule has 0 radical (unpaired) electrons. The van der Waals surface area contributed by atoms with Crippen molar-refractivity contribution < 1.29 is 4.79 Å². The van der Waals surface area contributed by atoms with E-state index in [9.17, 15) is 4.79 Å². The number of hydrogen-bond acceptors (Lipinski definition) is 4. The highest BCUT2D eigenvalue weighted by Gasteiger charge is 2.07. The molecule has 0 unspecified atom stereocenters. The number of rotatable bonds is 2. The van der Waals surface area contributed by atoms with Crippen LogP contribution in [0.1, 0.15) is 16.2 Å². The Balaban J connectivity index is 3.05. The predicted molar refractivity (Wildman–Crippen MR) is 49.3 cm³/mol. The molecule has 64 valence electrons. The van der Waals surface area contributed by atoms with Gasteiger partial charge in [-0.1, -0.05) is 15.9 Å². The number of carbonyl (C=O) groups is 1. The van der Waals surface area contributed by atoms with Crippen LogP contribution in [-0.4, -0.2) is 21.1 Å². The van der Waals surface area contributed by atoms with Crippen LogP contribution in [0.4, 0.5) is 5.82 Å². The van der Waals surface area contributed by atoms with Crippen LogP contribution < -0.4 is 5.73 Å². The fraction of sp³-hybridized carbons (Fsp3) is 0.286. The van der Waals surface area contributed by atoms with Crippen LogP contribution >= 0.6 is 15.9 Å². The number of aromatic nitrogens is 2. The van der Waals surface area contributed by atoms with E-state index in [0.717, 1.165) is 0 Å². The highest BCUT2D eigenvalue weighted by molar-refractivity contribution is 9.09. The lowest BCUT2D eigenvalue weighted by Gasteiger charge is -1.99. The summed E-state index contributed by atoms with van der Waals surface area (Å²) < 4.78 is 0. The van der Waals surface area contributed by atoms with E-state index in [2.05, 4.69) is 25.9 Å². The maximum Gasteiger partial charge on any atom is 0.193 e. The molecule has 5 heteroatoms. The molecular weight excluding hydrogens is 222 g/mol. The molecule has 0 aromatic carbocycles. The maximum absolute atomic E-state index is 11.1. The standard InChI is InChI=1S/C7H8BrN3O/c1-4-7(9)10-3-5(11-4)6(12)2-8/h3H,2H2,1H3,(H2,9,10). The molecule has 12 heavy (non-hydrogen) atoms. The second kappa shape index (κ2) is 3.62. The van der Waals surface area contributed by atoms with Crippen LogP contribution in [0.3, 0.4) is 0 Å². The molecule has 4 nitrogen and oxygen atoms in total. The number of aryl methyl sites for hydroxylation is 1. The second-order valence-corrected chi connectivity index (χ2v) is 2.84.